The van der Waals surface area contributed by atoms with Crippen LogP contribution in [0.5, 0.6) is 0 Å². The Labute approximate surface area is 67.2 Å². The van der Waals surface area contributed by atoms with Gasteiger partial charge in [0.1, 0.15) is 0 Å². The molecule has 0 aliphatic rings. The molecule has 11 heavy (non-hydrogen) atoms. The van der Waals surface area contributed by atoms with E-state index in [2.05, 4.69) is 5.32 Å². The maximum Gasteiger partial charge on any atom is 0.216 e. The molecule has 0 aliphatic heterocycles. The molecule has 0 aliphatic carbocycles. The molecule has 1 amide bonds. The van der Waals surface area contributed by atoms with Crippen molar-refractivity contribution in [3.63, 3.8) is 0 Å². The van der Waals surface area contributed by atoms with E-state index in [4.69, 9.17) is 0 Å². The van der Waals surface area contributed by atoms with Crippen molar-refractivity contribution in [2.45, 2.75) is 13.0 Å². The van der Waals surface area contributed by atoms with Crippen molar-refractivity contribution < 1.29 is 9.90 Å². The number of hydrogen-bond donors (Lipinski definition) is 2. The third-order valence-corrected chi connectivity index (χ3v) is 1.16. The molecule has 2 N–H and O–H groups in total. The topological polar surface area (TPSA) is 52.6 Å². The van der Waals surface area contributed by atoms with Gasteiger partial charge in [-0.1, -0.05) is 0 Å². The minimum Gasteiger partial charge on any atom is -0.390 e. The van der Waals surface area contributed by atoms with Gasteiger partial charge in [-0.15, -0.1) is 0 Å². The van der Waals surface area contributed by atoms with Crippen LogP contribution in [0.1, 0.15) is 6.92 Å². The lowest BCUT2D eigenvalue weighted by molar-refractivity contribution is -0.119. The normalized spacial score (nSPS) is 13.2. The molecule has 0 aromatic heterocycles. The highest BCUT2D eigenvalue weighted by molar-refractivity contribution is 5.72. The Hall–Kier alpha value is -0.610. The summed E-state index contributed by atoms with van der Waals surface area (Å²) in [6.45, 7) is 2.33. The Morgan fingerprint density at radius 3 is 2.55 bits per heavy atom. The Morgan fingerprint density at radius 1 is 1.64 bits per heavy atom. The maximum atomic E-state index is 10.4. The summed E-state index contributed by atoms with van der Waals surface area (Å²) in [5, 5.41) is 11.7. The molecule has 0 unspecified atom stereocenters. The van der Waals surface area contributed by atoms with Crippen molar-refractivity contribution in [1.82, 2.24) is 10.2 Å². The van der Waals surface area contributed by atoms with E-state index in [0.717, 1.165) is 0 Å². The van der Waals surface area contributed by atoms with E-state index in [1.54, 1.807) is 0 Å². The SMILES string of the molecule is CC(=O)NC[C@@H](O)CN(C)C. The Kier molecular flexibility index (Phi) is 4.81. The third-order valence-electron chi connectivity index (χ3n) is 1.16. The van der Waals surface area contributed by atoms with Crippen LogP contribution in [-0.4, -0.2) is 49.2 Å². The molecule has 66 valence electrons. The monoisotopic (exact) mass is 160 g/mol. The molecule has 0 spiro atoms. The molecular weight excluding hydrogens is 144 g/mol. The number of amides is 1. The average Bonchev–Trinajstić information content (AvgIpc) is 1.82. The van der Waals surface area contributed by atoms with Crippen LogP contribution in [0.25, 0.3) is 0 Å². The van der Waals surface area contributed by atoms with Crippen LogP contribution in [0, 0.1) is 0 Å². The smallest absolute Gasteiger partial charge is 0.216 e. The zero-order valence-electron chi connectivity index (χ0n) is 7.29. The number of aliphatic hydroxyl groups excluding tert-OH is 1. The number of likely N-dealkylation sites (N-methyl/N-ethyl adjacent to an activating group) is 1. The first kappa shape index (κ1) is 10.4. The lowest BCUT2D eigenvalue weighted by Crippen LogP contribution is -2.36. The summed E-state index contributed by atoms with van der Waals surface area (Å²) in [6, 6.07) is 0. The second kappa shape index (κ2) is 5.09. The molecule has 0 saturated carbocycles. The number of nitrogens with one attached hydrogen (secondary N) is 1. The summed E-state index contributed by atoms with van der Waals surface area (Å²) in [7, 11) is 3.74. The highest BCUT2D eigenvalue weighted by Gasteiger charge is 2.04. The van der Waals surface area contributed by atoms with Gasteiger partial charge in [-0.25, -0.2) is 0 Å². The van der Waals surface area contributed by atoms with Gasteiger partial charge in [0.25, 0.3) is 0 Å². The first-order valence-electron chi connectivity index (χ1n) is 3.59. The Balaban J connectivity index is 3.37. The summed E-state index contributed by atoms with van der Waals surface area (Å²) >= 11 is 0. The van der Waals surface area contributed by atoms with Gasteiger partial charge in [0.15, 0.2) is 0 Å². The first-order chi connectivity index (χ1) is 5.02. The molecule has 0 aromatic carbocycles. The van der Waals surface area contributed by atoms with Crippen molar-refractivity contribution in [1.29, 1.82) is 0 Å². The number of carbonyl (C=O) groups excluding carboxylic acids is 1. The minimum atomic E-state index is -0.478. The van der Waals surface area contributed by atoms with E-state index < -0.39 is 6.10 Å². The van der Waals surface area contributed by atoms with Gasteiger partial charge in [0.2, 0.25) is 5.91 Å². The average molecular weight is 160 g/mol. The van der Waals surface area contributed by atoms with Gasteiger partial charge in [-0.05, 0) is 14.1 Å². The molecule has 4 nitrogen and oxygen atoms in total. The van der Waals surface area contributed by atoms with Crippen LogP contribution in [0.15, 0.2) is 0 Å². The second-order valence-corrected chi connectivity index (χ2v) is 2.85. The second-order valence-electron chi connectivity index (χ2n) is 2.85. The number of hydrogen-bond acceptors (Lipinski definition) is 3. The van der Waals surface area contributed by atoms with Crippen LogP contribution in [0.2, 0.25) is 0 Å². The van der Waals surface area contributed by atoms with Crippen molar-refractivity contribution in [3.05, 3.63) is 0 Å². The standard InChI is InChI=1S/C7H16N2O2/c1-6(10)8-4-7(11)5-9(2)3/h7,11H,4-5H2,1-3H3,(H,8,10)/t7-/m1/s1. The molecule has 0 saturated heterocycles. The van der Waals surface area contributed by atoms with Gasteiger partial charge in [-0.2, -0.15) is 0 Å². The number of rotatable bonds is 4. The molecule has 0 bridgehead atoms. The Bertz CT molecular complexity index is 126. The van der Waals surface area contributed by atoms with Crippen molar-refractivity contribution in [3.8, 4) is 0 Å². The highest BCUT2D eigenvalue weighted by Crippen LogP contribution is 1.83. The molecule has 0 rings (SSSR count). The summed E-state index contributed by atoms with van der Waals surface area (Å²) in [4.78, 5) is 12.3. The quantitative estimate of drug-likeness (QED) is 0.557. The van der Waals surface area contributed by atoms with E-state index >= 15 is 0 Å². The number of carbonyl (C=O) groups is 1. The molecule has 0 aromatic rings. The Morgan fingerprint density at radius 2 is 2.18 bits per heavy atom. The van der Waals surface area contributed by atoms with Gasteiger partial charge in [0.05, 0.1) is 6.10 Å². The largest absolute Gasteiger partial charge is 0.390 e. The van der Waals surface area contributed by atoms with E-state index in [1.165, 1.54) is 6.92 Å². The van der Waals surface area contributed by atoms with Crippen LogP contribution >= 0.6 is 0 Å². The zero-order valence-corrected chi connectivity index (χ0v) is 7.29. The van der Waals surface area contributed by atoms with Crippen LogP contribution < -0.4 is 5.32 Å². The van der Waals surface area contributed by atoms with Gasteiger partial charge < -0.3 is 15.3 Å². The summed E-state index contributed by atoms with van der Waals surface area (Å²) in [6.07, 6.45) is -0.478. The molecular formula is C7H16N2O2. The number of aliphatic hydroxyl groups is 1. The van der Waals surface area contributed by atoms with E-state index in [9.17, 15) is 9.90 Å². The fourth-order valence-electron chi connectivity index (χ4n) is 0.748. The fraction of sp³-hybridized carbons (Fsp3) is 0.857. The lowest BCUT2D eigenvalue weighted by Gasteiger charge is -2.15. The van der Waals surface area contributed by atoms with Gasteiger partial charge in [-0.3, -0.25) is 4.79 Å². The predicted molar refractivity (Wildman–Crippen MR) is 43.2 cm³/mol. The molecule has 0 radical (unpaired) electrons. The van der Waals surface area contributed by atoms with Crippen molar-refractivity contribution in [2.75, 3.05) is 27.2 Å². The lowest BCUT2D eigenvalue weighted by atomic mass is 10.3. The van der Waals surface area contributed by atoms with E-state index in [0.29, 0.717) is 13.1 Å². The van der Waals surface area contributed by atoms with Crippen molar-refractivity contribution in [2.24, 2.45) is 0 Å². The summed E-state index contributed by atoms with van der Waals surface area (Å²) in [5.41, 5.74) is 0. The molecule has 1 atom stereocenters. The summed E-state index contributed by atoms with van der Waals surface area (Å²) < 4.78 is 0. The minimum absolute atomic E-state index is 0.109. The molecule has 0 fully saturated rings. The van der Waals surface area contributed by atoms with E-state index in [-0.39, 0.29) is 5.91 Å². The van der Waals surface area contributed by atoms with Gasteiger partial charge in [0, 0.05) is 20.0 Å². The summed E-state index contributed by atoms with van der Waals surface area (Å²) in [5.74, 6) is -0.109. The fourth-order valence-corrected chi connectivity index (χ4v) is 0.748. The van der Waals surface area contributed by atoms with Gasteiger partial charge >= 0.3 is 0 Å². The van der Waals surface area contributed by atoms with Crippen LogP contribution in [-0.2, 0) is 4.79 Å². The highest BCUT2D eigenvalue weighted by atomic mass is 16.3. The molecule has 0 heterocycles. The zero-order chi connectivity index (χ0) is 8.85. The first-order valence-corrected chi connectivity index (χ1v) is 3.59. The van der Waals surface area contributed by atoms with Crippen LogP contribution in [0.4, 0.5) is 0 Å². The predicted octanol–water partition coefficient (Wildman–Crippen LogP) is -0.955. The number of nitrogens with zero attached hydrogens (tertiary/aromatic N) is 1. The maximum absolute atomic E-state index is 10.4. The van der Waals surface area contributed by atoms with E-state index in [1.807, 2.05) is 19.0 Å². The van der Waals surface area contributed by atoms with Crippen LogP contribution in [0.3, 0.4) is 0 Å². The molecule has 4 heteroatoms. The van der Waals surface area contributed by atoms with Crippen molar-refractivity contribution >= 4 is 5.91 Å². The third kappa shape index (κ3) is 7.29.